The number of nitrogens with zero attached hydrogens (tertiary/aromatic N) is 1. The van der Waals surface area contributed by atoms with E-state index in [1.54, 1.807) is 24.3 Å². The van der Waals surface area contributed by atoms with Gasteiger partial charge in [-0.3, -0.25) is 9.59 Å². The first-order chi connectivity index (χ1) is 19.4. The average Bonchev–Trinajstić information content (AvgIpc) is 3.30. The van der Waals surface area contributed by atoms with Crippen LogP contribution in [-0.2, 0) is 12.8 Å². The summed E-state index contributed by atoms with van der Waals surface area (Å²) in [7, 11) is 0. The molecule has 1 aliphatic rings. The van der Waals surface area contributed by atoms with Gasteiger partial charge in [-0.2, -0.15) is 0 Å². The molecule has 0 spiro atoms. The molecular formula is C33H41N3O4. The minimum atomic E-state index is -0.918. The first-order valence-corrected chi connectivity index (χ1v) is 14.3. The molecule has 4 atom stereocenters. The Hall–Kier alpha value is -3.52. The maximum atomic E-state index is 13.4. The molecule has 1 aliphatic carbocycles. The van der Waals surface area contributed by atoms with Crippen molar-refractivity contribution in [2.45, 2.75) is 63.8 Å². The number of amides is 2. The third-order valence-corrected chi connectivity index (χ3v) is 7.48. The van der Waals surface area contributed by atoms with Crippen LogP contribution in [0.5, 0.6) is 0 Å². The molecule has 0 aromatic heterocycles. The largest absolute Gasteiger partial charge is 0.391 e. The monoisotopic (exact) mass is 543 g/mol. The minimum absolute atomic E-state index is 0.0844. The van der Waals surface area contributed by atoms with Gasteiger partial charge in [0.05, 0.1) is 24.3 Å². The average molecular weight is 544 g/mol. The van der Waals surface area contributed by atoms with Gasteiger partial charge in [0.2, 0.25) is 0 Å². The molecule has 0 bridgehead atoms. The van der Waals surface area contributed by atoms with Crippen LogP contribution in [0.4, 0.5) is 0 Å². The molecule has 4 N–H and O–H groups in total. The van der Waals surface area contributed by atoms with Crippen molar-refractivity contribution in [2.24, 2.45) is 0 Å². The molecule has 2 amide bonds. The summed E-state index contributed by atoms with van der Waals surface area (Å²) in [4.78, 5) is 28.4. The van der Waals surface area contributed by atoms with Crippen molar-refractivity contribution in [3.05, 3.63) is 107 Å². The Morgan fingerprint density at radius 1 is 0.925 bits per heavy atom. The summed E-state index contributed by atoms with van der Waals surface area (Å²) in [5.74, 6) is -0.433. The van der Waals surface area contributed by atoms with Crippen molar-refractivity contribution >= 4 is 11.8 Å². The van der Waals surface area contributed by atoms with Gasteiger partial charge < -0.3 is 25.7 Å². The molecular weight excluding hydrogens is 502 g/mol. The SMILES string of the molecule is CCCN(CCC)C(=O)c1cccc(C(=O)N[C@@H](Cc2ccccc2)[C@H](O)CN[C@@H]2c3ccccc3C[C@@H]2O)c1. The van der Waals surface area contributed by atoms with Crippen LogP contribution in [0.3, 0.4) is 0 Å². The van der Waals surface area contributed by atoms with Gasteiger partial charge in [0, 0.05) is 37.2 Å². The Bertz CT molecular complexity index is 1260. The van der Waals surface area contributed by atoms with Crippen molar-refractivity contribution in [1.29, 1.82) is 0 Å². The maximum Gasteiger partial charge on any atom is 0.253 e. The molecule has 0 unspecified atom stereocenters. The molecule has 0 radical (unpaired) electrons. The Labute approximate surface area is 237 Å². The maximum absolute atomic E-state index is 13.4. The standard InChI is InChI=1S/C33H41N3O4/c1-3-17-36(18-4-2)33(40)26-15-10-14-25(20-26)32(39)35-28(19-23-11-6-5-7-12-23)30(38)22-34-31-27-16-9-8-13-24(27)21-29(31)37/h5-16,20,28-31,34,37-38H,3-4,17-19,21-22H2,1-2H3,(H,35,39)/t28-,29-,30+,31+/m0/s1. The number of carbonyl (C=O) groups is 2. The third-order valence-electron chi connectivity index (χ3n) is 7.48. The molecule has 4 rings (SSSR count). The second-order valence-electron chi connectivity index (χ2n) is 10.6. The normalized spacial score (nSPS) is 17.6. The highest BCUT2D eigenvalue weighted by atomic mass is 16.3. The van der Waals surface area contributed by atoms with E-state index < -0.39 is 18.2 Å². The molecule has 7 nitrogen and oxygen atoms in total. The number of rotatable bonds is 13. The second-order valence-corrected chi connectivity index (χ2v) is 10.6. The lowest BCUT2D eigenvalue weighted by atomic mass is 9.99. The van der Waals surface area contributed by atoms with Crippen molar-refractivity contribution < 1.29 is 19.8 Å². The van der Waals surface area contributed by atoms with E-state index in [2.05, 4.69) is 10.6 Å². The molecule has 3 aromatic rings. The molecule has 0 saturated heterocycles. The van der Waals surface area contributed by atoms with Crippen LogP contribution < -0.4 is 10.6 Å². The Kier molecular flexibility index (Phi) is 10.5. The zero-order chi connectivity index (χ0) is 28.5. The van der Waals surface area contributed by atoms with Crippen molar-refractivity contribution in [3.8, 4) is 0 Å². The number of aliphatic hydroxyl groups excluding tert-OH is 2. The minimum Gasteiger partial charge on any atom is -0.391 e. The van der Waals surface area contributed by atoms with Crippen molar-refractivity contribution in [1.82, 2.24) is 15.5 Å². The lowest BCUT2D eigenvalue weighted by Crippen LogP contribution is -2.49. The summed E-state index contributed by atoms with van der Waals surface area (Å²) >= 11 is 0. The Balaban J connectivity index is 1.48. The number of carbonyl (C=O) groups excluding carboxylic acids is 2. The fraction of sp³-hybridized carbons (Fsp3) is 0.394. The summed E-state index contributed by atoms with van der Waals surface area (Å²) in [6.45, 7) is 5.61. The molecule has 3 aromatic carbocycles. The molecule has 0 fully saturated rings. The van der Waals surface area contributed by atoms with Crippen LogP contribution in [-0.4, -0.2) is 64.8 Å². The predicted octanol–water partition coefficient (Wildman–Crippen LogP) is 3.90. The van der Waals surface area contributed by atoms with Gasteiger partial charge in [-0.15, -0.1) is 0 Å². The fourth-order valence-corrected chi connectivity index (χ4v) is 5.44. The van der Waals surface area contributed by atoms with Crippen molar-refractivity contribution in [3.63, 3.8) is 0 Å². The van der Waals surface area contributed by atoms with Crippen LogP contribution in [0.15, 0.2) is 78.9 Å². The quantitative estimate of drug-likeness (QED) is 0.262. The summed E-state index contributed by atoms with van der Waals surface area (Å²) < 4.78 is 0. The topological polar surface area (TPSA) is 102 Å². The summed E-state index contributed by atoms with van der Waals surface area (Å²) in [5, 5.41) is 28.2. The lowest BCUT2D eigenvalue weighted by Gasteiger charge is -2.27. The summed E-state index contributed by atoms with van der Waals surface area (Å²) in [5.41, 5.74) is 3.97. The number of fused-ring (bicyclic) bond motifs is 1. The Morgan fingerprint density at radius 2 is 1.60 bits per heavy atom. The van der Waals surface area contributed by atoms with E-state index in [1.807, 2.05) is 73.3 Å². The van der Waals surface area contributed by atoms with Gasteiger partial charge in [0.15, 0.2) is 0 Å². The number of hydrogen-bond donors (Lipinski definition) is 4. The first-order valence-electron chi connectivity index (χ1n) is 14.3. The van der Waals surface area contributed by atoms with Crippen LogP contribution in [0.25, 0.3) is 0 Å². The van der Waals surface area contributed by atoms with E-state index in [-0.39, 0.29) is 24.4 Å². The highest BCUT2D eigenvalue weighted by molar-refractivity contribution is 5.99. The van der Waals surface area contributed by atoms with Crippen LogP contribution in [0, 0.1) is 0 Å². The third kappa shape index (κ3) is 7.36. The number of nitrogens with one attached hydrogen (secondary N) is 2. The van der Waals surface area contributed by atoms with Gasteiger partial charge in [-0.25, -0.2) is 0 Å². The van der Waals surface area contributed by atoms with Crippen molar-refractivity contribution in [2.75, 3.05) is 19.6 Å². The molecule has 0 heterocycles. The molecule has 0 saturated carbocycles. The van der Waals surface area contributed by atoms with Gasteiger partial charge in [-0.05, 0) is 54.2 Å². The van der Waals surface area contributed by atoms with E-state index in [9.17, 15) is 19.8 Å². The second kappa shape index (κ2) is 14.2. The first kappa shape index (κ1) is 29.5. The van der Waals surface area contributed by atoms with Crippen LogP contribution in [0.1, 0.15) is 70.1 Å². The van der Waals surface area contributed by atoms with E-state index in [0.717, 1.165) is 29.5 Å². The van der Waals surface area contributed by atoms with Gasteiger partial charge in [0.25, 0.3) is 11.8 Å². The van der Waals surface area contributed by atoms with Gasteiger partial charge in [0.1, 0.15) is 0 Å². The Morgan fingerprint density at radius 3 is 2.33 bits per heavy atom. The summed E-state index contributed by atoms with van der Waals surface area (Å²) in [6, 6.07) is 23.5. The summed E-state index contributed by atoms with van der Waals surface area (Å²) in [6.07, 6.45) is 1.23. The number of hydrogen-bond acceptors (Lipinski definition) is 5. The smallest absolute Gasteiger partial charge is 0.253 e. The van der Waals surface area contributed by atoms with E-state index >= 15 is 0 Å². The molecule has 0 aliphatic heterocycles. The van der Waals surface area contributed by atoms with E-state index in [1.165, 1.54) is 0 Å². The number of aliphatic hydroxyl groups is 2. The lowest BCUT2D eigenvalue weighted by molar-refractivity contribution is 0.0755. The van der Waals surface area contributed by atoms with E-state index in [4.69, 9.17) is 0 Å². The zero-order valence-electron chi connectivity index (χ0n) is 23.4. The molecule has 212 valence electrons. The van der Waals surface area contributed by atoms with Gasteiger partial charge in [-0.1, -0.05) is 74.5 Å². The highest BCUT2D eigenvalue weighted by Crippen LogP contribution is 2.31. The molecule has 7 heteroatoms. The molecule has 40 heavy (non-hydrogen) atoms. The number of benzene rings is 3. The zero-order valence-corrected chi connectivity index (χ0v) is 23.4. The van der Waals surface area contributed by atoms with E-state index in [0.29, 0.717) is 37.1 Å². The predicted molar refractivity (Wildman–Crippen MR) is 157 cm³/mol. The highest BCUT2D eigenvalue weighted by Gasteiger charge is 2.32. The van der Waals surface area contributed by atoms with Crippen LogP contribution in [0.2, 0.25) is 0 Å². The fourth-order valence-electron chi connectivity index (χ4n) is 5.44. The van der Waals surface area contributed by atoms with Gasteiger partial charge >= 0.3 is 0 Å². The van der Waals surface area contributed by atoms with Crippen LogP contribution >= 0.6 is 0 Å².